The summed E-state index contributed by atoms with van der Waals surface area (Å²) >= 11 is 1.73. The maximum absolute atomic E-state index is 10.2. The summed E-state index contributed by atoms with van der Waals surface area (Å²) in [6, 6.07) is 3.84. The number of phenols is 1. The van der Waals surface area contributed by atoms with Gasteiger partial charge in [0, 0.05) is 17.5 Å². The molecule has 2 aromatic rings. The van der Waals surface area contributed by atoms with Gasteiger partial charge in [-0.1, -0.05) is 27.4 Å². The molecule has 0 spiro atoms. The van der Waals surface area contributed by atoms with Crippen LogP contribution in [0.25, 0.3) is 5.76 Å². The van der Waals surface area contributed by atoms with E-state index in [0.717, 1.165) is 34.4 Å². The lowest BCUT2D eigenvalue weighted by molar-refractivity contribution is 0.464. The van der Waals surface area contributed by atoms with Crippen molar-refractivity contribution >= 4 is 23.0 Å². The lowest BCUT2D eigenvalue weighted by Gasteiger charge is -2.14. The summed E-state index contributed by atoms with van der Waals surface area (Å²) in [5.41, 5.74) is 5.24. The Kier molecular flexibility index (Phi) is 6.88. The van der Waals surface area contributed by atoms with E-state index in [9.17, 15) is 5.11 Å². The lowest BCUT2D eigenvalue weighted by Crippen LogP contribution is -2.07. The van der Waals surface area contributed by atoms with Gasteiger partial charge in [-0.05, 0) is 73.9 Å². The van der Waals surface area contributed by atoms with Crippen molar-refractivity contribution in [3.63, 3.8) is 0 Å². The average Bonchev–Trinajstić information content (AvgIpc) is 2.89. The number of hydrogen-bond acceptors (Lipinski definition) is 4. The molecule has 27 heavy (non-hydrogen) atoms. The molecule has 1 N–H and O–H groups in total. The monoisotopic (exact) mass is 385 g/mol. The molecule has 0 amide bonds. The third kappa shape index (κ3) is 4.62. The van der Waals surface area contributed by atoms with Crippen molar-refractivity contribution in [3.8, 4) is 5.75 Å². The molecule has 4 heteroatoms. The fraction of sp³-hybridized carbons (Fsp3) is 0.435. The van der Waals surface area contributed by atoms with E-state index in [1.54, 1.807) is 18.4 Å². The molecule has 0 saturated heterocycles. The Hall–Kier alpha value is -2.07. The molecule has 2 rings (SSSR count). The first-order chi connectivity index (χ1) is 12.7. The first kappa shape index (κ1) is 21.2. The molecule has 1 aromatic heterocycles. The zero-order chi connectivity index (χ0) is 20.3. The highest BCUT2D eigenvalue weighted by molar-refractivity contribution is 7.14. The van der Waals surface area contributed by atoms with Gasteiger partial charge in [0.25, 0.3) is 0 Å². The van der Waals surface area contributed by atoms with Crippen molar-refractivity contribution in [3.05, 3.63) is 56.3 Å². The Labute approximate surface area is 167 Å². The number of aliphatic imine (C=N–C) groups is 1. The molecule has 0 aliphatic rings. The Morgan fingerprint density at radius 2 is 1.93 bits per heavy atom. The van der Waals surface area contributed by atoms with Gasteiger partial charge in [-0.3, -0.25) is 4.99 Å². The van der Waals surface area contributed by atoms with Crippen LogP contribution < -0.4 is 0 Å². The Morgan fingerprint density at radius 3 is 2.48 bits per heavy atom. The second-order valence-corrected chi connectivity index (χ2v) is 8.62. The molecular formula is C23H31NO2S. The van der Waals surface area contributed by atoms with E-state index in [2.05, 4.69) is 39.3 Å². The first-order valence-electron chi connectivity index (χ1n) is 9.45. The number of aromatic hydroxyl groups is 1. The molecule has 1 aromatic carbocycles. The molecule has 0 radical (unpaired) electrons. The molecule has 3 nitrogen and oxygen atoms in total. The molecular weight excluding hydrogens is 354 g/mol. The van der Waals surface area contributed by atoms with E-state index in [-0.39, 0.29) is 0 Å². The molecule has 0 fully saturated rings. The van der Waals surface area contributed by atoms with Crippen LogP contribution >= 0.6 is 11.3 Å². The van der Waals surface area contributed by atoms with Gasteiger partial charge in [-0.15, -0.1) is 11.3 Å². The molecule has 0 aliphatic carbocycles. The maximum Gasteiger partial charge on any atom is 0.232 e. The van der Waals surface area contributed by atoms with Crippen molar-refractivity contribution in [1.82, 2.24) is 0 Å². The summed E-state index contributed by atoms with van der Waals surface area (Å²) in [7, 11) is 1.75. The van der Waals surface area contributed by atoms with Crippen molar-refractivity contribution in [1.29, 1.82) is 0 Å². The van der Waals surface area contributed by atoms with E-state index in [0.29, 0.717) is 23.3 Å². The summed E-state index contributed by atoms with van der Waals surface area (Å²) in [4.78, 5) is 6.78. The summed E-state index contributed by atoms with van der Waals surface area (Å²) in [6.45, 7) is 16.8. The van der Waals surface area contributed by atoms with Crippen LogP contribution in [0.1, 0.15) is 58.3 Å². The topological polar surface area (TPSA) is 41.8 Å². The van der Waals surface area contributed by atoms with Crippen molar-refractivity contribution < 1.29 is 9.84 Å². The Morgan fingerprint density at radius 1 is 1.26 bits per heavy atom. The lowest BCUT2D eigenvalue weighted by atomic mass is 9.99. The fourth-order valence-corrected chi connectivity index (χ4v) is 4.42. The second-order valence-electron chi connectivity index (χ2n) is 7.40. The Bertz CT molecular complexity index is 875. The molecule has 1 heterocycles. The van der Waals surface area contributed by atoms with Gasteiger partial charge in [0.1, 0.15) is 11.5 Å². The van der Waals surface area contributed by atoms with Gasteiger partial charge in [0.2, 0.25) is 5.90 Å². The van der Waals surface area contributed by atoms with Crippen molar-refractivity contribution in [2.75, 3.05) is 7.05 Å². The molecule has 0 saturated carbocycles. The van der Waals surface area contributed by atoms with Crippen LogP contribution in [0.5, 0.6) is 5.75 Å². The van der Waals surface area contributed by atoms with Crippen LogP contribution in [0.3, 0.4) is 0 Å². The smallest absolute Gasteiger partial charge is 0.232 e. The highest BCUT2D eigenvalue weighted by Gasteiger charge is 2.19. The highest BCUT2D eigenvalue weighted by Crippen LogP contribution is 2.32. The van der Waals surface area contributed by atoms with Crippen LogP contribution in [0, 0.1) is 26.7 Å². The maximum atomic E-state index is 10.2. The summed E-state index contributed by atoms with van der Waals surface area (Å²) in [6.07, 6.45) is 1.81. The predicted molar refractivity (Wildman–Crippen MR) is 117 cm³/mol. The number of rotatable bonds is 6. The van der Waals surface area contributed by atoms with E-state index < -0.39 is 0 Å². The first-order valence-corrected chi connectivity index (χ1v) is 10.3. The van der Waals surface area contributed by atoms with E-state index in [1.165, 1.54) is 16.0 Å². The van der Waals surface area contributed by atoms with Crippen LogP contribution in [-0.4, -0.2) is 18.1 Å². The number of thiophene rings is 1. The minimum Gasteiger partial charge on any atom is -0.507 e. The van der Waals surface area contributed by atoms with Crippen molar-refractivity contribution in [2.24, 2.45) is 10.9 Å². The summed E-state index contributed by atoms with van der Waals surface area (Å²) in [5, 5.41) is 10.2. The molecule has 0 unspecified atom stereocenters. The SMILES string of the molecule is C=C(OC(=NC)c1sc(C)c(CC(C)C)c1C)c1cc(C)c(O)c(CC)c1. The third-order valence-electron chi connectivity index (χ3n) is 4.79. The van der Waals surface area contributed by atoms with Gasteiger partial charge < -0.3 is 9.84 Å². The van der Waals surface area contributed by atoms with E-state index >= 15 is 0 Å². The normalized spacial score (nSPS) is 11.9. The van der Waals surface area contributed by atoms with E-state index in [1.807, 2.05) is 26.0 Å². The van der Waals surface area contributed by atoms with Gasteiger partial charge in [-0.2, -0.15) is 0 Å². The third-order valence-corrected chi connectivity index (χ3v) is 6.02. The van der Waals surface area contributed by atoms with Crippen LogP contribution in [-0.2, 0) is 17.6 Å². The van der Waals surface area contributed by atoms with Gasteiger partial charge in [-0.25, -0.2) is 0 Å². The largest absolute Gasteiger partial charge is 0.507 e. The number of ether oxygens (including phenoxy) is 1. The number of aryl methyl sites for hydroxylation is 3. The minimum atomic E-state index is 0.349. The molecule has 0 bridgehead atoms. The predicted octanol–water partition coefficient (Wildman–Crippen LogP) is 6.20. The van der Waals surface area contributed by atoms with Crippen LogP contribution in [0.15, 0.2) is 23.7 Å². The summed E-state index contributed by atoms with van der Waals surface area (Å²) in [5.74, 6) is 2.10. The second kappa shape index (κ2) is 8.75. The fourth-order valence-electron chi connectivity index (χ4n) is 3.25. The highest BCUT2D eigenvalue weighted by atomic mass is 32.1. The molecule has 146 valence electrons. The number of hydrogen-bond donors (Lipinski definition) is 1. The van der Waals surface area contributed by atoms with Crippen LogP contribution in [0.2, 0.25) is 0 Å². The molecule has 0 aliphatic heterocycles. The van der Waals surface area contributed by atoms with E-state index in [4.69, 9.17) is 4.74 Å². The van der Waals surface area contributed by atoms with Gasteiger partial charge in [0.15, 0.2) is 0 Å². The molecule has 0 atom stereocenters. The Balaban J connectivity index is 2.33. The summed E-state index contributed by atoms with van der Waals surface area (Å²) < 4.78 is 6.10. The average molecular weight is 386 g/mol. The zero-order valence-corrected chi connectivity index (χ0v) is 18.4. The van der Waals surface area contributed by atoms with Gasteiger partial charge in [0.05, 0.1) is 4.88 Å². The number of benzene rings is 1. The standard InChI is InChI=1S/C23H31NO2S/c1-9-18-12-19(11-14(4)21(18)25)16(6)26-23(24-8)22-15(5)20(10-13(2)3)17(7)27-22/h11-13,25H,6,9-10H2,1-5,7-8H3. The minimum absolute atomic E-state index is 0.349. The van der Waals surface area contributed by atoms with Crippen LogP contribution in [0.4, 0.5) is 0 Å². The zero-order valence-electron chi connectivity index (χ0n) is 17.6. The number of phenolic OH excluding ortho intramolecular Hbond substituents is 1. The van der Waals surface area contributed by atoms with Crippen molar-refractivity contribution in [2.45, 2.75) is 54.4 Å². The van der Waals surface area contributed by atoms with Gasteiger partial charge >= 0.3 is 0 Å². The number of nitrogens with zero attached hydrogens (tertiary/aromatic N) is 1. The quantitative estimate of drug-likeness (QED) is 0.365.